The Hall–Kier alpha value is -5.99. The zero-order valence-electron chi connectivity index (χ0n) is 26.8. The van der Waals surface area contributed by atoms with Crippen molar-refractivity contribution in [3.63, 3.8) is 0 Å². The molecule has 0 fully saturated rings. The van der Waals surface area contributed by atoms with Crippen LogP contribution in [0, 0.1) is 0 Å². The molecule has 6 heteroatoms. The lowest BCUT2D eigenvalue weighted by molar-refractivity contribution is 1.18. The molecular formula is C44H28IN5. The van der Waals surface area contributed by atoms with Gasteiger partial charge in [0, 0.05) is 43.1 Å². The number of halogens is 1. The molecule has 10 rings (SSSR count). The smallest absolute Gasteiger partial charge is 0.171 e. The van der Waals surface area contributed by atoms with Crippen molar-refractivity contribution in [1.29, 1.82) is 0 Å². The number of allylic oxidation sites excluding steroid dienone is 1. The highest BCUT2D eigenvalue weighted by atomic mass is 127. The average Bonchev–Trinajstić information content (AvgIpc) is 3.71. The van der Waals surface area contributed by atoms with Crippen LogP contribution < -0.4 is 0 Å². The highest BCUT2D eigenvalue weighted by Crippen LogP contribution is 2.38. The first-order valence-electron chi connectivity index (χ1n) is 16.6. The van der Waals surface area contributed by atoms with Gasteiger partial charge in [0.05, 0.1) is 39.2 Å². The van der Waals surface area contributed by atoms with E-state index in [0.29, 0.717) is 0 Å². The van der Waals surface area contributed by atoms with Crippen molar-refractivity contribution in [2.75, 3.05) is 0 Å². The minimum absolute atomic E-state index is 0.664. The van der Waals surface area contributed by atoms with Crippen LogP contribution in [0.5, 0.6) is 0 Å². The van der Waals surface area contributed by atoms with Crippen molar-refractivity contribution in [1.82, 2.24) is 19.1 Å². The van der Waals surface area contributed by atoms with Gasteiger partial charge in [0.25, 0.3) is 0 Å². The van der Waals surface area contributed by atoms with E-state index in [0.717, 1.165) is 32.0 Å². The number of fused-ring (bicyclic) bond motifs is 6. The van der Waals surface area contributed by atoms with Gasteiger partial charge in [-0.1, -0.05) is 78.9 Å². The summed E-state index contributed by atoms with van der Waals surface area (Å²) in [7, 11) is 0. The van der Waals surface area contributed by atoms with Crippen LogP contribution in [-0.4, -0.2) is 26.5 Å². The van der Waals surface area contributed by atoms with Gasteiger partial charge < -0.3 is 4.57 Å². The third-order valence-corrected chi connectivity index (χ3v) is 12.0. The van der Waals surface area contributed by atoms with Gasteiger partial charge in [0.2, 0.25) is 0 Å². The lowest BCUT2D eigenvalue weighted by Crippen LogP contribution is -2.11. The number of pyridine rings is 2. The van der Waals surface area contributed by atoms with Gasteiger partial charge in [0.1, 0.15) is 0 Å². The predicted molar refractivity (Wildman–Crippen MR) is 217 cm³/mol. The highest BCUT2D eigenvalue weighted by Gasteiger charge is 2.21. The molecule has 0 unspecified atom stereocenters. The second-order valence-corrected chi connectivity index (χ2v) is 15.0. The van der Waals surface area contributed by atoms with Crippen molar-refractivity contribution < 1.29 is 0 Å². The predicted octanol–water partition coefficient (Wildman–Crippen LogP) is 10.8. The van der Waals surface area contributed by atoms with Crippen molar-refractivity contribution >= 4 is 77.4 Å². The fraction of sp³-hybridized carbons (Fsp3) is 0. The van der Waals surface area contributed by atoms with Crippen molar-refractivity contribution in [2.45, 2.75) is 0 Å². The maximum Gasteiger partial charge on any atom is 0.171 e. The van der Waals surface area contributed by atoms with Gasteiger partial charge in [-0.2, -0.15) is 0 Å². The summed E-state index contributed by atoms with van der Waals surface area (Å²) in [6.45, 7) is 0. The molecule has 0 saturated carbocycles. The highest BCUT2D eigenvalue weighted by molar-refractivity contribution is 14.2. The molecule has 5 aromatic carbocycles. The molecule has 5 nitrogen and oxygen atoms in total. The lowest BCUT2D eigenvalue weighted by Gasteiger charge is -2.15. The largest absolute Gasteiger partial charge is 0.309 e. The number of hydrogen-bond donors (Lipinski definition) is 0. The van der Waals surface area contributed by atoms with Crippen LogP contribution in [0.1, 0.15) is 11.4 Å². The summed E-state index contributed by atoms with van der Waals surface area (Å²) in [4.78, 5) is 14.7. The summed E-state index contributed by atoms with van der Waals surface area (Å²) in [5.41, 5.74) is 11.0. The fourth-order valence-corrected chi connectivity index (χ4v) is 9.82. The van der Waals surface area contributed by atoms with Crippen LogP contribution in [0.15, 0.2) is 175 Å². The third kappa shape index (κ3) is 4.75. The number of nitrogens with zero attached hydrogens (tertiary/aromatic N) is 5. The molecule has 0 atom stereocenters. The minimum Gasteiger partial charge on any atom is -0.309 e. The van der Waals surface area contributed by atoms with E-state index in [1.54, 1.807) is 0 Å². The van der Waals surface area contributed by atoms with Crippen LogP contribution in [0.3, 0.4) is 0 Å². The maximum atomic E-state index is 5.32. The van der Waals surface area contributed by atoms with Gasteiger partial charge in [-0.3, -0.25) is 14.5 Å². The SMILES string of the molecule is C1=C(c2ccccn2)N=C(n2c3ccccc3c3cc(-c4ccc5c(c4)c4ccccc4n5-c4ccccc4)ccc32)I=C1c1ccccn1. The van der Waals surface area contributed by atoms with Crippen LogP contribution in [0.4, 0.5) is 0 Å². The van der Waals surface area contributed by atoms with Crippen molar-refractivity contribution in [3.8, 4) is 16.8 Å². The summed E-state index contributed by atoms with van der Waals surface area (Å²) in [5, 5.41) is 4.93. The van der Waals surface area contributed by atoms with Crippen molar-refractivity contribution in [3.05, 3.63) is 182 Å². The Labute approximate surface area is 298 Å². The van der Waals surface area contributed by atoms with Crippen LogP contribution in [0.25, 0.3) is 66.1 Å². The second-order valence-electron chi connectivity index (χ2n) is 12.3. The molecule has 9 aromatic rings. The summed E-state index contributed by atoms with van der Waals surface area (Å²) in [5.74, 6) is 0. The Kier molecular flexibility index (Phi) is 6.87. The summed E-state index contributed by atoms with van der Waals surface area (Å²) < 4.78 is 7.02. The van der Waals surface area contributed by atoms with E-state index in [1.807, 2.05) is 36.7 Å². The van der Waals surface area contributed by atoms with Gasteiger partial charge in [-0.15, -0.1) is 0 Å². The van der Waals surface area contributed by atoms with Crippen molar-refractivity contribution in [2.24, 2.45) is 4.99 Å². The topological polar surface area (TPSA) is 48.0 Å². The molecule has 0 aliphatic carbocycles. The van der Waals surface area contributed by atoms with Gasteiger partial charge >= 0.3 is 0 Å². The quantitative estimate of drug-likeness (QED) is 0.168. The zero-order chi connectivity index (χ0) is 33.0. The Morgan fingerprint density at radius 1 is 0.440 bits per heavy atom. The third-order valence-electron chi connectivity index (χ3n) is 9.38. The molecule has 0 radical (unpaired) electrons. The number of aliphatic imine (C=N–C) groups is 1. The molecule has 0 spiro atoms. The molecule has 1 aliphatic heterocycles. The van der Waals surface area contributed by atoms with E-state index < -0.39 is 20.7 Å². The summed E-state index contributed by atoms with van der Waals surface area (Å²) in [6.07, 6.45) is 5.87. The number of aromatic nitrogens is 4. The summed E-state index contributed by atoms with van der Waals surface area (Å²) >= 11 is -0.664. The number of rotatable bonds is 4. The van der Waals surface area contributed by atoms with Crippen LogP contribution in [-0.2, 0) is 0 Å². The van der Waals surface area contributed by atoms with E-state index in [-0.39, 0.29) is 0 Å². The van der Waals surface area contributed by atoms with E-state index in [4.69, 9.17) is 9.98 Å². The number of hydrogen-bond acceptors (Lipinski definition) is 3. The van der Waals surface area contributed by atoms with E-state index in [1.165, 1.54) is 52.9 Å². The molecule has 1 aliphatic rings. The average molecular weight is 754 g/mol. The fourth-order valence-electron chi connectivity index (χ4n) is 7.11. The minimum atomic E-state index is -0.664. The standard InChI is InChI=1S/C44H28IN5/c1-2-12-31(13-3-1)49-40-18-6-4-14-32(40)34-26-29(20-22-42(34)49)30-21-23-43-35(27-30)33-15-5-7-19-41(33)50(43)44-45-36(37-16-8-10-24-46-37)28-39(48-44)38-17-9-11-25-47-38/h1-28H. The molecule has 50 heavy (non-hydrogen) atoms. The first kappa shape index (κ1) is 29.0. The zero-order valence-corrected chi connectivity index (χ0v) is 28.9. The van der Waals surface area contributed by atoms with Gasteiger partial charge in [-0.05, 0) is 111 Å². The molecule has 5 heterocycles. The number of para-hydroxylation sites is 3. The first-order chi connectivity index (χ1) is 24.8. The van der Waals surface area contributed by atoms with Crippen LogP contribution >= 0.6 is 20.7 Å². The second kappa shape index (κ2) is 11.9. The molecule has 0 saturated heterocycles. The number of benzene rings is 5. The Bertz CT molecular complexity index is 2810. The maximum absolute atomic E-state index is 5.32. The Morgan fingerprint density at radius 3 is 1.62 bits per heavy atom. The first-order valence-corrected chi connectivity index (χ1v) is 18.7. The van der Waals surface area contributed by atoms with E-state index in [9.17, 15) is 0 Å². The van der Waals surface area contributed by atoms with E-state index in [2.05, 4.69) is 148 Å². The monoisotopic (exact) mass is 753 g/mol. The van der Waals surface area contributed by atoms with Crippen LogP contribution in [0.2, 0.25) is 0 Å². The molecule has 0 bridgehead atoms. The lowest BCUT2D eigenvalue weighted by atomic mass is 10.0. The molecular weight excluding hydrogens is 725 g/mol. The van der Waals surface area contributed by atoms with Gasteiger partial charge in [0.15, 0.2) is 3.84 Å². The molecule has 236 valence electrons. The van der Waals surface area contributed by atoms with Gasteiger partial charge in [-0.25, -0.2) is 4.99 Å². The Balaban J connectivity index is 1.16. The molecule has 0 N–H and O–H groups in total. The Morgan fingerprint density at radius 2 is 0.980 bits per heavy atom. The molecule has 4 aromatic heterocycles. The molecule has 0 amide bonds. The van der Waals surface area contributed by atoms with E-state index >= 15 is 0 Å². The summed E-state index contributed by atoms with van der Waals surface area (Å²) in [6, 6.07) is 53.9. The normalized spacial score (nSPS) is 13.3.